The van der Waals surface area contributed by atoms with Gasteiger partial charge in [-0.25, -0.2) is 4.39 Å². The third kappa shape index (κ3) is 7.43. The van der Waals surface area contributed by atoms with Crippen LogP contribution in [-0.4, -0.2) is 50.1 Å². The normalized spacial score (nSPS) is 19.0. The van der Waals surface area contributed by atoms with E-state index in [9.17, 15) is 4.39 Å². The van der Waals surface area contributed by atoms with Gasteiger partial charge < -0.3 is 15.5 Å². The topological polar surface area (TPSA) is 39.7 Å². The number of guanidine groups is 1. The highest BCUT2D eigenvalue weighted by Gasteiger charge is 2.16. The van der Waals surface area contributed by atoms with E-state index < -0.39 is 0 Å². The molecule has 1 fully saturated rings. The van der Waals surface area contributed by atoms with Gasteiger partial charge in [0, 0.05) is 26.2 Å². The van der Waals surface area contributed by atoms with Crippen LogP contribution in [0.5, 0.6) is 0 Å². The van der Waals surface area contributed by atoms with Gasteiger partial charge in [-0.15, -0.1) is 0 Å². The van der Waals surface area contributed by atoms with E-state index in [0.717, 1.165) is 43.5 Å². The molecule has 25 heavy (non-hydrogen) atoms. The summed E-state index contributed by atoms with van der Waals surface area (Å²) >= 11 is 0. The van der Waals surface area contributed by atoms with Crippen molar-refractivity contribution in [1.29, 1.82) is 0 Å². The molecule has 0 saturated carbocycles. The summed E-state index contributed by atoms with van der Waals surface area (Å²) in [6, 6.07) is 7.50. The number of likely N-dealkylation sites (tertiary alicyclic amines) is 1. The molecule has 4 nitrogen and oxygen atoms in total. The Morgan fingerprint density at radius 1 is 1.24 bits per heavy atom. The monoisotopic (exact) mass is 348 g/mol. The molecule has 1 aromatic carbocycles. The fourth-order valence-corrected chi connectivity index (χ4v) is 3.37. The molecule has 0 aromatic heterocycles. The largest absolute Gasteiger partial charge is 0.356 e. The van der Waals surface area contributed by atoms with Crippen molar-refractivity contribution in [2.75, 3.05) is 33.2 Å². The van der Waals surface area contributed by atoms with Crippen LogP contribution in [0.25, 0.3) is 0 Å². The van der Waals surface area contributed by atoms with Gasteiger partial charge in [0.2, 0.25) is 0 Å². The van der Waals surface area contributed by atoms with Gasteiger partial charge >= 0.3 is 0 Å². The van der Waals surface area contributed by atoms with E-state index in [2.05, 4.69) is 27.4 Å². The second-order valence-electron chi connectivity index (χ2n) is 6.89. The molecule has 2 rings (SSSR count). The molecule has 0 amide bonds. The fraction of sp³-hybridized carbons (Fsp3) is 0.650. The number of piperidine rings is 1. The van der Waals surface area contributed by atoms with Crippen LogP contribution < -0.4 is 10.6 Å². The maximum absolute atomic E-state index is 13.2. The van der Waals surface area contributed by atoms with E-state index in [4.69, 9.17) is 0 Å². The first-order valence-corrected chi connectivity index (χ1v) is 9.62. The third-order valence-electron chi connectivity index (χ3n) is 4.92. The van der Waals surface area contributed by atoms with Crippen LogP contribution in [0.15, 0.2) is 29.3 Å². The highest BCUT2D eigenvalue weighted by atomic mass is 19.1. The number of benzene rings is 1. The Morgan fingerprint density at radius 2 is 2.08 bits per heavy atom. The van der Waals surface area contributed by atoms with Crippen LogP contribution in [0.3, 0.4) is 0 Å². The first-order chi connectivity index (χ1) is 12.2. The number of unbranched alkanes of at least 4 members (excludes halogenated alkanes) is 1. The molecule has 1 saturated heterocycles. The zero-order valence-electron chi connectivity index (χ0n) is 15.7. The molecule has 0 spiro atoms. The van der Waals surface area contributed by atoms with Crippen LogP contribution >= 0.6 is 0 Å². The molecular weight excluding hydrogens is 315 g/mol. The molecule has 2 N–H and O–H groups in total. The van der Waals surface area contributed by atoms with Gasteiger partial charge in [-0.3, -0.25) is 4.99 Å². The average molecular weight is 349 g/mol. The molecule has 1 unspecified atom stereocenters. The Morgan fingerprint density at radius 3 is 2.84 bits per heavy atom. The quantitative estimate of drug-likeness (QED) is 0.431. The SMILES string of the molecule is CN=C(NCCCCN1CCCCC1C)NCCc1cccc(F)c1. The number of aliphatic imine (C=N–C) groups is 1. The van der Waals surface area contributed by atoms with Gasteiger partial charge in [0.05, 0.1) is 0 Å². The average Bonchev–Trinajstić information content (AvgIpc) is 2.61. The van der Waals surface area contributed by atoms with Gasteiger partial charge in [-0.2, -0.15) is 0 Å². The Bertz CT molecular complexity index is 532. The van der Waals surface area contributed by atoms with Crippen LogP contribution in [0, 0.1) is 5.82 Å². The molecule has 0 bridgehead atoms. The Balaban J connectivity index is 1.55. The maximum Gasteiger partial charge on any atom is 0.190 e. The van der Waals surface area contributed by atoms with Crippen molar-refractivity contribution in [3.63, 3.8) is 0 Å². The smallest absolute Gasteiger partial charge is 0.190 e. The number of halogens is 1. The summed E-state index contributed by atoms with van der Waals surface area (Å²) < 4.78 is 13.2. The van der Waals surface area contributed by atoms with Crippen LogP contribution in [0.1, 0.15) is 44.6 Å². The standard InChI is InChI=1S/C20H33FN4/c1-17-8-3-5-14-25(17)15-6-4-12-23-20(22-2)24-13-11-18-9-7-10-19(21)16-18/h7,9-10,16-17H,3-6,8,11-15H2,1-2H3,(H2,22,23,24). The van der Waals surface area contributed by atoms with Crippen molar-refractivity contribution in [2.45, 2.75) is 51.5 Å². The predicted octanol–water partition coefficient (Wildman–Crippen LogP) is 3.19. The van der Waals surface area contributed by atoms with Crippen molar-refractivity contribution in [3.05, 3.63) is 35.6 Å². The third-order valence-corrected chi connectivity index (χ3v) is 4.92. The van der Waals surface area contributed by atoms with E-state index >= 15 is 0 Å². The number of nitrogens with zero attached hydrogens (tertiary/aromatic N) is 2. The number of nitrogens with one attached hydrogen (secondary N) is 2. The summed E-state index contributed by atoms with van der Waals surface area (Å²) in [5.74, 6) is 0.644. The van der Waals surface area contributed by atoms with Crippen LogP contribution in [0.2, 0.25) is 0 Å². The highest BCUT2D eigenvalue weighted by molar-refractivity contribution is 5.79. The van der Waals surface area contributed by atoms with Gasteiger partial charge in [0.15, 0.2) is 5.96 Å². The van der Waals surface area contributed by atoms with Gasteiger partial charge in [-0.05, 0) is 69.8 Å². The van der Waals surface area contributed by atoms with Crippen LogP contribution in [-0.2, 0) is 6.42 Å². The first-order valence-electron chi connectivity index (χ1n) is 9.62. The van der Waals surface area contributed by atoms with Crippen molar-refractivity contribution in [1.82, 2.24) is 15.5 Å². The molecule has 1 aliphatic rings. The molecule has 1 aromatic rings. The predicted molar refractivity (Wildman–Crippen MR) is 104 cm³/mol. The molecule has 1 atom stereocenters. The lowest BCUT2D eigenvalue weighted by Crippen LogP contribution is -2.40. The van der Waals surface area contributed by atoms with E-state index in [0.29, 0.717) is 0 Å². The minimum Gasteiger partial charge on any atom is -0.356 e. The number of rotatable bonds is 8. The second kappa shape index (κ2) is 11.1. The molecule has 140 valence electrons. The van der Waals surface area contributed by atoms with Gasteiger partial charge in [-0.1, -0.05) is 18.6 Å². The van der Waals surface area contributed by atoms with E-state index in [-0.39, 0.29) is 5.82 Å². The van der Waals surface area contributed by atoms with Crippen LogP contribution in [0.4, 0.5) is 4.39 Å². The maximum atomic E-state index is 13.2. The van der Waals surface area contributed by atoms with Gasteiger partial charge in [0.1, 0.15) is 5.82 Å². The summed E-state index contributed by atoms with van der Waals surface area (Å²) in [5, 5.41) is 6.65. The number of hydrogen-bond acceptors (Lipinski definition) is 2. The van der Waals surface area contributed by atoms with Gasteiger partial charge in [0.25, 0.3) is 0 Å². The van der Waals surface area contributed by atoms with Crippen molar-refractivity contribution < 1.29 is 4.39 Å². The molecule has 0 aliphatic carbocycles. The molecule has 5 heteroatoms. The Kier molecular flexibility index (Phi) is 8.73. The number of hydrogen-bond donors (Lipinski definition) is 2. The molecule has 1 aliphatic heterocycles. The summed E-state index contributed by atoms with van der Waals surface area (Å²) in [5.41, 5.74) is 0.999. The zero-order chi connectivity index (χ0) is 17.9. The Labute approximate surface area is 151 Å². The lowest BCUT2D eigenvalue weighted by atomic mass is 10.0. The highest BCUT2D eigenvalue weighted by Crippen LogP contribution is 2.16. The molecule has 0 radical (unpaired) electrons. The lowest BCUT2D eigenvalue weighted by molar-refractivity contribution is 0.158. The lowest BCUT2D eigenvalue weighted by Gasteiger charge is -2.33. The van der Waals surface area contributed by atoms with E-state index in [1.165, 1.54) is 44.8 Å². The van der Waals surface area contributed by atoms with E-state index in [1.54, 1.807) is 19.2 Å². The van der Waals surface area contributed by atoms with Crippen molar-refractivity contribution >= 4 is 5.96 Å². The minimum absolute atomic E-state index is 0.178. The summed E-state index contributed by atoms with van der Waals surface area (Å²) in [6.07, 6.45) is 7.23. The summed E-state index contributed by atoms with van der Waals surface area (Å²) in [7, 11) is 1.78. The molecular formula is C20H33FN4. The second-order valence-corrected chi connectivity index (χ2v) is 6.89. The van der Waals surface area contributed by atoms with Crippen molar-refractivity contribution in [2.24, 2.45) is 4.99 Å². The summed E-state index contributed by atoms with van der Waals surface area (Å²) in [6.45, 7) is 6.49. The minimum atomic E-state index is -0.178. The zero-order valence-corrected chi connectivity index (χ0v) is 15.7. The first kappa shape index (κ1) is 19.7. The fourth-order valence-electron chi connectivity index (χ4n) is 3.37. The summed E-state index contributed by atoms with van der Waals surface area (Å²) in [4.78, 5) is 6.87. The Hall–Kier alpha value is -1.62. The van der Waals surface area contributed by atoms with E-state index in [1.807, 2.05) is 6.07 Å². The van der Waals surface area contributed by atoms with Crippen molar-refractivity contribution in [3.8, 4) is 0 Å². The molecule has 1 heterocycles.